The highest BCUT2D eigenvalue weighted by Gasteiger charge is 1.99. The Kier molecular flexibility index (Phi) is 5.37. The maximum Gasteiger partial charge on any atom is 0.183 e. The third-order valence-electron chi connectivity index (χ3n) is 2.36. The first-order chi connectivity index (χ1) is 10.2. The Bertz CT molecular complexity index is 663. The zero-order valence-electron chi connectivity index (χ0n) is 11.0. The Hall–Kier alpha value is -2.30. The Morgan fingerprint density at radius 3 is 2.57 bits per heavy atom. The number of benzene rings is 1. The number of aromatic nitrogens is 2. The average molecular weight is 319 g/mol. The molecule has 21 heavy (non-hydrogen) atoms. The molecule has 2 aromatic rings. The Morgan fingerprint density at radius 1 is 1.24 bits per heavy atom. The van der Waals surface area contributed by atoms with E-state index in [1.54, 1.807) is 12.1 Å². The minimum absolute atomic E-state index is 0.347. The number of aliphatic imine (C=N–C) groups is 1. The lowest BCUT2D eigenvalue weighted by Crippen LogP contribution is -2.12. The van der Waals surface area contributed by atoms with Crippen LogP contribution in [-0.2, 0) is 0 Å². The third-order valence-corrected chi connectivity index (χ3v) is 3.14. The number of anilines is 2. The van der Waals surface area contributed by atoms with Crippen LogP contribution in [0.25, 0.3) is 0 Å². The molecule has 2 rings (SSSR count). The molecule has 0 fully saturated rings. The fourth-order valence-electron chi connectivity index (χ4n) is 1.44. The van der Waals surface area contributed by atoms with Crippen molar-refractivity contribution in [2.24, 2.45) is 4.99 Å². The molecule has 2 N–H and O–H groups in total. The molecule has 0 aliphatic heterocycles. The largest absolute Gasteiger partial charge is 0.339 e. The summed E-state index contributed by atoms with van der Waals surface area (Å²) in [6.45, 7) is 0. The van der Waals surface area contributed by atoms with Crippen LogP contribution in [0.15, 0.2) is 41.4 Å². The molecule has 0 saturated heterocycles. The summed E-state index contributed by atoms with van der Waals surface area (Å²) >= 11 is 7.04. The van der Waals surface area contributed by atoms with E-state index in [1.165, 1.54) is 11.8 Å². The third kappa shape index (κ3) is 4.63. The van der Waals surface area contributed by atoms with Crippen molar-refractivity contribution < 1.29 is 0 Å². The number of nitrogens with zero attached hydrogens (tertiary/aromatic N) is 4. The van der Waals surface area contributed by atoms with Gasteiger partial charge in [-0.1, -0.05) is 23.4 Å². The Balaban J connectivity index is 2.08. The molecular weight excluding hydrogens is 308 g/mol. The molecule has 0 radical (unpaired) electrons. The fourth-order valence-corrected chi connectivity index (χ4v) is 1.88. The molecule has 0 saturated carbocycles. The van der Waals surface area contributed by atoms with Gasteiger partial charge in [0.05, 0.1) is 5.69 Å². The van der Waals surface area contributed by atoms with Crippen LogP contribution in [0.2, 0.25) is 5.15 Å². The molecule has 1 aromatic carbocycles. The summed E-state index contributed by atoms with van der Waals surface area (Å²) in [4.78, 5) is 4.30. The summed E-state index contributed by atoms with van der Waals surface area (Å²) in [6, 6.07) is 10.8. The van der Waals surface area contributed by atoms with Crippen LogP contribution < -0.4 is 10.6 Å². The van der Waals surface area contributed by atoms with Gasteiger partial charge in [0.2, 0.25) is 0 Å². The SMILES string of the molecule is CSC(=Nc1ccc(Nc2ccc(Cl)nn2)cc1)NC#N. The normalized spacial score (nSPS) is 10.8. The second-order valence-corrected chi connectivity index (χ2v) is 4.95. The second-order valence-electron chi connectivity index (χ2n) is 3.77. The zero-order chi connectivity index (χ0) is 15.1. The number of thioether (sulfide) groups is 1. The predicted octanol–water partition coefficient (Wildman–Crippen LogP) is 3.29. The quantitative estimate of drug-likeness (QED) is 0.391. The van der Waals surface area contributed by atoms with Gasteiger partial charge in [-0.2, -0.15) is 5.26 Å². The van der Waals surface area contributed by atoms with Crippen LogP contribution >= 0.6 is 23.4 Å². The van der Waals surface area contributed by atoms with Crippen molar-refractivity contribution in [3.63, 3.8) is 0 Å². The zero-order valence-corrected chi connectivity index (χ0v) is 12.6. The van der Waals surface area contributed by atoms with Crippen LogP contribution in [0.5, 0.6) is 0 Å². The first-order valence-corrected chi connectivity index (χ1v) is 7.45. The van der Waals surface area contributed by atoms with E-state index in [0.29, 0.717) is 16.1 Å². The average Bonchev–Trinajstić information content (AvgIpc) is 2.51. The van der Waals surface area contributed by atoms with Gasteiger partial charge >= 0.3 is 0 Å². The summed E-state index contributed by atoms with van der Waals surface area (Å²) in [6.07, 6.45) is 3.69. The second kappa shape index (κ2) is 7.47. The summed E-state index contributed by atoms with van der Waals surface area (Å²) in [5.74, 6) is 0.603. The standard InChI is InChI=1S/C13H11ClN6S/c1-21-13(16-8-15)18-10-4-2-9(3-5-10)17-12-7-6-11(14)19-20-12/h2-7H,1H3,(H,16,18)(H,17,20). The summed E-state index contributed by atoms with van der Waals surface area (Å²) in [5, 5.41) is 22.8. The van der Waals surface area contributed by atoms with Gasteiger partial charge in [-0.05, 0) is 42.7 Å². The number of hydrogen-bond donors (Lipinski definition) is 2. The van der Waals surface area contributed by atoms with Gasteiger partial charge in [0.25, 0.3) is 0 Å². The van der Waals surface area contributed by atoms with E-state index in [1.807, 2.05) is 36.7 Å². The summed E-state index contributed by atoms with van der Waals surface area (Å²) < 4.78 is 0. The number of nitrogens with one attached hydrogen (secondary N) is 2. The number of amidine groups is 1. The van der Waals surface area contributed by atoms with Crippen molar-refractivity contribution in [1.82, 2.24) is 15.5 Å². The number of halogens is 1. The molecule has 1 aromatic heterocycles. The lowest BCUT2D eigenvalue weighted by atomic mass is 10.3. The van der Waals surface area contributed by atoms with E-state index in [4.69, 9.17) is 16.9 Å². The highest BCUT2D eigenvalue weighted by Crippen LogP contribution is 2.20. The van der Waals surface area contributed by atoms with E-state index in [2.05, 4.69) is 25.8 Å². The van der Waals surface area contributed by atoms with E-state index in [-0.39, 0.29) is 0 Å². The first-order valence-electron chi connectivity index (χ1n) is 5.85. The molecule has 0 amide bonds. The monoisotopic (exact) mass is 318 g/mol. The molecule has 0 aliphatic rings. The van der Waals surface area contributed by atoms with E-state index >= 15 is 0 Å². The van der Waals surface area contributed by atoms with Crippen LogP contribution in [0.4, 0.5) is 17.2 Å². The molecule has 0 atom stereocenters. The predicted molar refractivity (Wildman–Crippen MR) is 86.1 cm³/mol. The number of hydrogen-bond acceptors (Lipinski definition) is 6. The molecule has 1 heterocycles. The first kappa shape index (κ1) is 15.1. The maximum absolute atomic E-state index is 8.59. The minimum Gasteiger partial charge on any atom is -0.339 e. The molecule has 0 unspecified atom stereocenters. The molecule has 106 valence electrons. The smallest absolute Gasteiger partial charge is 0.183 e. The molecule has 0 spiro atoms. The molecular formula is C13H11ClN6S. The molecule has 6 nitrogen and oxygen atoms in total. The Morgan fingerprint density at radius 2 is 2.00 bits per heavy atom. The molecule has 8 heteroatoms. The van der Waals surface area contributed by atoms with Gasteiger partial charge < -0.3 is 5.32 Å². The molecule has 0 bridgehead atoms. The van der Waals surface area contributed by atoms with Crippen molar-refractivity contribution >= 4 is 45.7 Å². The van der Waals surface area contributed by atoms with Crippen molar-refractivity contribution in [3.05, 3.63) is 41.6 Å². The topological polar surface area (TPSA) is 86.0 Å². The van der Waals surface area contributed by atoms with Crippen LogP contribution in [-0.4, -0.2) is 21.6 Å². The summed E-state index contributed by atoms with van der Waals surface area (Å²) in [7, 11) is 0. The van der Waals surface area contributed by atoms with Crippen molar-refractivity contribution in [1.29, 1.82) is 5.26 Å². The number of rotatable bonds is 3. The van der Waals surface area contributed by atoms with E-state index < -0.39 is 0 Å². The van der Waals surface area contributed by atoms with Gasteiger partial charge in [0.15, 0.2) is 22.3 Å². The summed E-state index contributed by atoms with van der Waals surface area (Å²) in [5.41, 5.74) is 1.60. The lowest BCUT2D eigenvalue weighted by molar-refractivity contribution is 1.04. The van der Waals surface area contributed by atoms with Gasteiger partial charge in [-0.15, -0.1) is 10.2 Å². The van der Waals surface area contributed by atoms with Crippen LogP contribution in [0.1, 0.15) is 0 Å². The van der Waals surface area contributed by atoms with E-state index in [0.717, 1.165) is 11.4 Å². The number of nitriles is 1. The van der Waals surface area contributed by atoms with Crippen molar-refractivity contribution in [2.75, 3.05) is 11.6 Å². The minimum atomic E-state index is 0.347. The Labute approximate surface area is 131 Å². The fraction of sp³-hybridized carbons (Fsp3) is 0.0769. The van der Waals surface area contributed by atoms with Gasteiger partial charge in [-0.3, -0.25) is 5.32 Å². The van der Waals surface area contributed by atoms with Gasteiger partial charge in [0, 0.05) is 5.69 Å². The van der Waals surface area contributed by atoms with Crippen LogP contribution in [0, 0.1) is 11.5 Å². The van der Waals surface area contributed by atoms with Crippen LogP contribution in [0.3, 0.4) is 0 Å². The van der Waals surface area contributed by atoms with Crippen molar-refractivity contribution in [2.45, 2.75) is 0 Å². The van der Waals surface area contributed by atoms with E-state index in [9.17, 15) is 0 Å². The van der Waals surface area contributed by atoms with Gasteiger partial charge in [-0.25, -0.2) is 4.99 Å². The van der Waals surface area contributed by atoms with Crippen molar-refractivity contribution in [3.8, 4) is 6.19 Å². The highest BCUT2D eigenvalue weighted by molar-refractivity contribution is 8.13. The van der Waals surface area contributed by atoms with Gasteiger partial charge in [0.1, 0.15) is 0 Å². The molecule has 0 aliphatic carbocycles. The highest BCUT2D eigenvalue weighted by atomic mass is 35.5. The maximum atomic E-state index is 8.59. The lowest BCUT2D eigenvalue weighted by Gasteiger charge is -2.05.